The number of aryl methyl sites for hydroxylation is 2. The topological polar surface area (TPSA) is 56.4 Å². The van der Waals surface area contributed by atoms with Crippen molar-refractivity contribution >= 4 is 22.7 Å². The Morgan fingerprint density at radius 1 is 1.05 bits per heavy atom. The summed E-state index contributed by atoms with van der Waals surface area (Å²) in [6.07, 6.45) is 0. The van der Waals surface area contributed by atoms with Gasteiger partial charge in [0.15, 0.2) is 0 Å². The van der Waals surface area contributed by atoms with Crippen LogP contribution in [-0.4, -0.2) is 52.8 Å². The van der Waals surface area contributed by atoms with Gasteiger partial charge in [0, 0.05) is 49.7 Å². The number of carbonyl (C=O) groups is 2. The van der Waals surface area contributed by atoms with Crippen LogP contribution in [0.1, 0.15) is 28.5 Å². The first-order chi connectivity index (χ1) is 10.5. The summed E-state index contributed by atoms with van der Waals surface area (Å²) in [4.78, 5) is 31.2. The number of benzene rings is 1. The first-order valence-corrected chi connectivity index (χ1v) is 7.61. The molecular formula is C17H21N3O2. The Labute approximate surface area is 129 Å². The number of carbonyl (C=O) groups excluding carboxylic acids is 2. The first-order valence-electron chi connectivity index (χ1n) is 7.61. The van der Waals surface area contributed by atoms with Crippen LogP contribution in [0.4, 0.5) is 0 Å². The Bertz CT molecular complexity index is 740. The van der Waals surface area contributed by atoms with Gasteiger partial charge < -0.3 is 14.8 Å². The number of H-pyrrole nitrogens is 1. The third-order valence-corrected chi connectivity index (χ3v) is 4.37. The largest absolute Gasteiger partial charge is 0.358 e. The van der Waals surface area contributed by atoms with E-state index in [4.69, 9.17) is 0 Å². The number of piperazine rings is 1. The zero-order valence-electron chi connectivity index (χ0n) is 13.3. The summed E-state index contributed by atoms with van der Waals surface area (Å²) in [6.45, 7) is 7.95. The molecule has 2 heterocycles. The van der Waals surface area contributed by atoms with Gasteiger partial charge in [0.2, 0.25) is 5.91 Å². The highest BCUT2D eigenvalue weighted by atomic mass is 16.2. The molecule has 5 heteroatoms. The van der Waals surface area contributed by atoms with Crippen LogP contribution in [0.3, 0.4) is 0 Å². The molecule has 0 radical (unpaired) electrons. The van der Waals surface area contributed by atoms with Crippen LogP contribution < -0.4 is 0 Å². The molecule has 1 aliphatic rings. The molecule has 1 aliphatic heterocycles. The SMILES string of the molecule is CC(=O)N1CCN(C(=O)c2c(C)[nH]c3ccc(C)cc23)CC1. The molecule has 5 nitrogen and oxygen atoms in total. The van der Waals surface area contributed by atoms with Crippen molar-refractivity contribution in [2.75, 3.05) is 26.2 Å². The van der Waals surface area contributed by atoms with Crippen molar-refractivity contribution in [3.05, 3.63) is 35.0 Å². The molecule has 2 aromatic rings. The van der Waals surface area contributed by atoms with Crippen LogP contribution in [0.5, 0.6) is 0 Å². The summed E-state index contributed by atoms with van der Waals surface area (Å²) in [7, 11) is 0. The van der Waals surface area contributed by atoms with Gasteiger partial charge in [-0.25, -0.2) is 0 Å². The lowest BCUT2D eigenvalue weighted by molar-refractivity contribution is -0.130. The van der Waals surface area contributed by atoms with Gasteiger partial charge in [0.1, 0.15) is 0 Å². The molecule has 1 aromatic heterocycles. The molecule has 0 bridgehead atoms. The monoisotopic (exact) mass is 299 g/mol. The van der Waals surface area contributed by atoms with E-state index in [0.29, 0.717) is 26.2 Å². The zero-order valence-corrected chi connectivity index (χ0v) is 13.3. The summed E-state index contributed by atoms with van der Waals surface area (Å²) in [5.74, 6) is 0.128. The maximum absolute atomic E-state index is 12.9. The quantitative estimate of drug-likeness (QED) is 0.876. The molecule has 3 rings (SSSR count). The van der Waals surface area contributed by atoms with E-state index >= 15 is 0 Å². The highest BCUT2D eigenvalue weighted by molar-refractivity contribution is 6.08. The number of hydrogen-bond acceptors (Lipinski definition) is 2. The normalized spacial score (nSPS) is 15.4. The standard InChI is InChI=1S/C17H21N3O2/c1-11-4-5-15-14(10-11)16(12(2)18-15)17(22)20-8-6-19(7-9-20)13(3)21/h4-5,10,18H,6-9H2,1-3H3. The van der Waals surface area contributed by atoms with E-state index in [2.05, 4.69) is 11.1 Å². The van der Waals surface area contributed by atoms with Crippen molar-refractivity contribution in [1.82, 2.24) is 14.8 Å². The van der Waals surface area contributed by atoms with Crippen molar-refractivity contribution in [2.45, 2.75) is 20.8 Å². The molecule has 0 atom stereocenters. The first kappa shape index (κ1) is 14.6. The third kappa shape index (κ3) is 2.47. The summed E-state index contributed by atoms with van der Waals surface area (Å²) in [5, 5.41) is 0.983. The van der Waals surface area contributed by atoms with E-state index in [-0.39, 0.29) is 11.8 Å². The van der Waals surface area contributed by atoms with Gasteiger partial charge >= 0.3 is 0 Å². The van der Waals surface area contributed by atoms with Crippen LogP contribution in [-0.2, 0) is 4.79 Å². The zero-order chi connectivity index (χ0) is 15.9. The number of nitrogens with one attached hydrogen (secondary N) is 1. The average Bonchev–Trinajstić information content (AvgIpc) is 2.82. The van der Waals surface area contributed by atoms with Crippen molar-refractivity contribution < 1.29 is 9.59 Å². The Kier molecular flexibility index (Phi) is 3.64. The molecule has 0 aliphatic carbocycles. The molecule has 1 saturated heterocycles. The Balaban J connectivity index is 1.88. The van der Waals surface area contributed by atoms with Gasteiger partial charge in [-0.1, -0.05) is 11.6 Å². The van der Waals surface area contributed by atoms with Crippen LogP contribution in [0.2, 0.25) is 0 Å². The fraction of sp³-hybridized carbons (Fsp3) is 0.412. The second-order valence-corrected chi connectivity index (χ2v) is 5.97. The lowest BCUT2D eigenvalue weighted by atomic mass is 10.1. The fourth-order valence-corrected chi connectivity index (χ4v) is 3.10. The lowest BCUT2D eigenvalue weighted by Crippen LogP contribution is -2.50. The van der Waals surface area contributed by atoms with Crippen LogP contribution in [0.25, 0.3) is 10.9 Å². The van der Waals surface area contributed by atoms with Crippen LogP contribution in [0.15, 0.2) is 18.2 Å². The number of rotatable bonds is 1. The molecule has 1 fully saturated rings. The van der Waals surface area contributed by atoms with E-state index in [1.54, 1.807) is 11.8 Å². The van der Waals surface area contributed by atoms with Gasteiger partial charge in [0.25, 0.3) is 5.91 Å². The summed E-state index contributed by atoms with van der Waals surface area (Å²) in [5.41, 5.74) is 3.80. The smallest absolute Gasteiger partial charge is 0.256 e. The Morgan fingerprint density at radius 3 is 2.32 bits per heavy atom. The molecule has 0 spiro atoms. The van der Waals surface area contributed by atoms with Gasteiger partial charge in [-0.2, -0.15) is 0 Å². The van der Waals surface area contributed by atoms with E-state index < -0.39 is 0 Å². The Morgan fingerprint density at radius 2 is 1.68 bits per heavy atom. The molecule has 1 aromatic carbocycles. The van der Waals surface area contributed by atoms with Gasteiger partial charge in [0.05, 0.1) is 5.56 Å². The van der Waals surface area contributed by atoms with E-state index in [1.807, 2.05) is 30.9 Å². The van der Waals surface area contributed by atoms with Crippen LogP contribution in [0, 0.1) is 13.8 Å². The Hall–Kier alpha value is -2.30. The summed E-state index contributed by atoms with van der Waals surface area (Å²) < 4.78 is 0. The molecule has 0 unspecified atom stereocenters. The van der Waals surface area contributed by atoms with E-state index in [9.17, 15) is 9.59 Å². The third-order valence-electron chi connectivity index (χ3n) is 4.37. The minimum absolute atomic E-state index is 0.0533. The number of nitrogens with zero attached hydrogens (tertiary/aromatic N) is 2. The number of amides is 2. The van der Waals surface area contributed by atoms with Crippen molar-refractivity contribution in [2.24, 2.45) is 0 Å². The molecule has 1 N–H and O–H groups in total. The minimum atomic E-state index is 0.0533. The average molecular weight is 299 g/mol. The lowest BCUT2D eigenvalue weighted by Gasteiger charge is -2.34. The van der Waals surface area contributed by atoms with Crippen LogP contribution >= 0.6 is 0 Å². The number of fused-ring (bicyclic) bond motifs is 1. The molecule has 116 valence electrons. The van der Waals surface area contributed by atoms with E-state index in [0.717, 1.165) is 27.7 Å². The van der Waals surface area contributed by atoms with Crippen molar-refractivity contribution in [3.63, 3.8) is 0 Å². The number of hydrogen-bond donors (Lipinski definition) is 1. The van der Waals surface area contributed by atoms with Crippen molar-refractivity contribution in [1.29, 1.82) is 0 Å². The van der Waals surface area contributed by atoms with Gasteiger partial charge in [-0.3, -0.25) is 9.59 Å². The predicted octanol–water partition coefficient (Wildman–Crippen LogP) is 2.09. The van der Waals surface area contributed by atoms with Gasteiger partial charge in [-0.05, 0) is 26.0 Å². The number of aromatic nitrogens is 1. The summed E-state index contributed by atoms with van der Waals surface area (Å²) >= 11 is 0. The number of aromatic amines is 1. The molecule has 0 saturated carbocycles. The maximum atomic E-state index is 12.9. The minimum Gasteiger partial charge on any atom is -0.358 e. The van der Waals surface area contributed by atoms with Crippen molar-refractivity contribution in [3.8, 4) is 0 Å². The molecular weight excluding hydrogens is 278 g/mol. The highest BCUT2D eigenvalue weighted by Gasteiger charge is 2.26. The second kappa shape index (κ2) is 5.48. The summed E-state index contributed by atoms with van der Waals surface area (Å²) in [6, 6.07) is 6.11. The fourth-order valence-electron chi connectivity index (χ4n) is 3.10. The van der Waals surface area contributed by atoms with E-state index in [1.165, 1.54) is 0 Å². The molecule has 22 heavy (non-hydrogen) atoms. The predicted molar refractivity (Wildman–Crippen MR) is 85.9 cm³/mol. The van der Waals surface area contributed by atoms with Gasteiger partial charge in [-0.15, -0.1) is 0 Å². The highest BCUT2D eigenvalue weighted by Crippen LogP contribution is 2.25. The molecule has 2 amide bonds. The maximum Gasteiger partial charge on any atom is 0.256 e. The second-order valence-electron chi connectivity index (χ2n) is 5.97.